The van der Waals surface area contributed by atoms with Gasteiger partial charge in [0.2, 0.25) is 0 Å². The summed E-state index contributed by atoms with van der Waals surface area (Å²) in [5.41, 5.74) is 3.78. The van der Waals surface area contributed by atoms with Crippen LogP contribution in [0.4, 0.5) is 4.39 Å². The average Bonchev–Trinajstić information content (AvgIpc) is 2.80. The van der Waals surface area contributed by atoms with Crippen molar-refractivity contribution in [2.45, 2.75) is 13.3 Å². The number of aromatic nitrogens is 1. The number of aliphatic imine (C=N–C) groups is 1. The molecule has 22 heavy (non-hydrogen) atoms. The van der Waals surface area contributed by atoms with Crippen LogP contribution >= 0.6 is 0 Å². The number of nitrogens with one attached hydrogen (secondary N) is 1. The molecular formula is C18H17FN2O. The summed E-state index contributed by atoms with van der Waals surface area (Å²) in [5.74, 6) is -0.0996. The first-order chi connectivity index (χ1) is 10.6. The number of H-pyrrole nitrogens is 1. The van der Waals surface area contributed by atoms with Crippen LogP contribution in [0, 0.1) is 12.7 Å². The van der Waals surface area contributed by atoms with Crippen LogP contribution in [0.25, 0.3) is 10.9 Å². The van der Waals surface area contributed by atoms with Crippen LogP contribution in [0.5, 0.6) is 5.88 Å². The molecule has 0 saturated carbocycles. The molecule has 0 spiro atoms. The van der Waals surface area contributed by atoms with Gasteiger partial charge in [-0.2, -0.15) is 0 Å². The minimum atomic E-state index is -0.230. The van der Waals surface area contributed by atoms with Crippen LogP contribution in [0.2, 0.25) is 0 Å². The SMILES string of the molecule is Cc1ccc2c(C=NCCc3ccc(F)cc3)c(O)[nH]c2c1. The molecule has 3 rings (SSSR count). The summed E-state index contributed by atoms with van der Waals surface area (Å²) in [4.78, 5) is 7.32. The highest BCUT2D eigenvalue weighted by Gasteiger charge is 2.08. The number of fused-ring (bicyclic) bond motifs is 1. The largest absolute Gasteiger partial charge is 0.494 e. The van der Waals surface area contributed by atoms with E-state index >= 15 is 0 Å². The zero-order valence-corrected chi connectivity index (χ0v) is 12.3. The van der Waals surface area contributed by atoms with Gasteiger partial charge in [-0.3, -0.25) is 4.99 Å². The fourth-order valence-corrected chi connectivity index (χ4v) is 2.45. The van der Waals surface area contributed by atoms with Gasteiger partial charge in [0, 0.05) is 23.7 Å². The van der Waals surface area contributed by atoms with Gasteiger partial charge in [0.25, 0.3) is 0 Å². The van der Waals surface area contributed by atoms with Gasteiger partial charge in [0.05, 0.1) is 5.56 Å². The summed E-state index contributed by atoms with van der Waals surface area (Å²) in [6.07, 6.45) is 2.42. The van der Waals surface area contributed by atoms with Gasteiger partial charge in [-0.1, -0.05) is 24.3 Å². The highest BCUT2D eigenvalue weighted by molar-refractivity contribution is 6.02. The molecule has 4 heteroatoms. The Kier molecular flexibility index (Phi) is 3.92. The van der Waals surface area contributed by atoms with Crippen molar-refractivity contribution in [3.8, 4) is 5.88 Å². The molecule has 2 N–H and O–H groups in total. The van der Waals surface area contributed by atoms with E-state index < -0.39 is 0 Å². The van der Waals surface area contributed by atoms with E-state index in [1.165, 1.54) is 12.1 Å². The fraction of sp³-hybridized carbons (Fsp3) is 0.167. The second kappa shape index (κ2) is 6.02. The first-order valence-corrected chi connectivity index (χ1v) is 7.19. The third kappa shape index (κ3) is 3.01. The van der Waals surface area contributed by atoms with E-state index in [2.05, 4.69) is 9.98 Å². The lowest BCUT2D eigenvalue weighted by atomic mass is 10.1. The van der Waals surface area contributed by atoms with Crippen molar-refractivity contribution in [3.05, 3.63) is 65.0 Å². The maximum Gasteiger partial charge on any atom is 0.198 e. The van der Waals surface area contributed by atoms with Gasteiger partial charge < -0.3 is 10.1 Å². The monoisotopic (exact) mass is 296 g/mol. The van der Waals surface area contributed by atoms with E-state index in [0.29, 0.717) is 12.1 Å². The van der Waals surface area contributed by atoms with Gasteiger partial charge >= 0.3 is 0 Å². The maximum absolute atomic E-state index is 12.8. The van der Waals surface area contributed by atoms with Crippen LogP contribution in [0.15, 0.2) is 47.5 Å². The van der Waals surface area contributed by atoms with Gasteiger partial charge in [-0.25, -0.2) is 4.39 Å². The summed E-state index contributed by atoms with van der Waals surface area (Å²) in [6.45, 7) is 2.59. The lowest BCUT2D eigenvalue weighted by Gasteiger charge is -1.98. The second-order valence-corrected chi connectivity index (χ2v) is 5.35. The number of rotatable bonds is 4. The highest BCUT2D eigenvalue weighted by atomic mass is 19.1. The Bertz CT molecular complexity index is 819. The zero-order chi connectivity index (χ0) is 15.5. The van der Waals surface area contributed by atoms with Crippen molar-refractivity contribution >= 4 is 17.1 Å². The maximum atomic E-state index is 12.8. The van der Waals surface area contributed by atoms with E-state index in [4.69, 9.17) is 0 Å². The predicted octanol–water partition coefficient (Wildman–Crippen LogP) is 3.98. The zero-order valence-electron chi connectivity index (χ0n) is 12.3. The lowest BCUT2D eigenvalue weighted by Crippen LogP contribution is -1.91. The Labute approximate surface area is 128 Å². The standard InChI is InChI=1S/C18H17FN2O/c1-12-2-7-15-16(18(22)21-17(15)10-12)11-20-9-8-13-3-5-14(19)6-4-13/h2-7,10-11,21-22H,8-9H2,1H3. The smallest absolute Gasteiger partial charge is 0.198 e. The molecule has 0 amide bonds. The topological polar surface area (TPSA) is 48.4 Å². The Morgan fingerprint density at radius 1 is 1.18 bits per heavy atom. The average molecular weight is 296 g/mol. The minimum absolute atomic E-state index is 0.131. The number of halogens is 1. The number of aromatic amines is 1. The minimum Gasteiger partial charge on any atom is -0.494 e. The number of aryl methyl sites for hydroxylation is 1. The van der Waals surface area contributed by atoms with Gasteiger partial charge in [-0.05, 0) is 42.7 Å². The molecule has 0 aliphatic carbocycles. The molecule has 0 aliphatic heterocycles. The van der Waals surface area contributed by atoms with Crippen LogP contribution in [-0.2, 0) is 6.42 Å². The Balaban J connectivity index is 1.72. The van der Waals surface area contributed by atoms with Crippen LogP contribution in [0.1, 0.15) is 16.7 Å². The molecule has 0 radical (unpaired) electrons. The van der Waals surface area contributed by atoms with Crippen molar-refractivity contribution in [2.75, 3.05) is 6.54 Å². The first-order valence-electron chi connectivity index (χ1n) is 7.19. The van der Waals surface area contributed by atoms with Gasteiger partial charge in [0.15, 0.2) is 5.88 Å². The molecule has 0 saturated heterocycles. The van der Waals surface area contributed by atoms with Crippen molar-refractivity contribution < 1.29 is 9.50 Å². The summed E-state index contributed by atoms with van der Waals surface area (Å²) < 4.78 is 12.8. The third-order valence-electron chi connectivity index (χ3n) is 3.64. The van der Waals surface area contributed by atoms with Gasteiger partial charge in [-0.15, -0.1) is 0 Å². The molecule has 2 aromatic carbocycles. The summed E-state index contributed by atoms with van der Waals surface area (Å²) >= 11 is 0. The first kappa shape index (κ1) is 14.3. The van der Waals surface area contributed by atoms with E-state index in [0.717, 1.165) is 28.5 Å². The Hall–Kier alpha value is -2.62. The second-order valence-electron chi connectivity index (χ2n) is 5.35. The molecule has 112 valence electrons. The highest BCUT2D eigenvalue weighted by Crippen LogP contribution is 2.26. The van der Waals surface area contributed by atoms with Crippen LogP contribution < -0.4 is 0 Å². The predicted molar refractivity (Wildman–Crippen MR) is 87.3 cm³/mol. The number of aromatic hydroxyl groups is 1. The van der Waals surface area contributed by atoms with E-state index in [-0.39, 0.29) is 11.7 Å². The summed E-state index contributed by atoms with van der Waals surface area (Å²) in [5, 5.41) is 10.9. The quantitative estimate of drug-likeness (QED) is 0.703. The summed E-state index contributed by atoms with van der Waals surface area (Å²) in [7, 11) is 0. The van der Waals surface area contributed by atoms with Gasteiger partial charge in [0.1, 0.15) is 5.82 Å². The molecule has 0 unspecified atom stereocenters. The molecule has 0 bridgehead atoms. The number of nitrogens with zero attached hydrogens (tertiary/aromatic N) is 1. The summed E-state index contributed by atoms with van der Waals surface area (Å²) in [6, 6.07) is 12.4. The van der Waals surface area contributed by atoms with E-state index in [1.54, 1.807) is 18.3 Å². The van der Waals surface area contributed by atoms with Crippen LogP contribution in [-0.4, -0.2) is 22.8 Å². The van der Waals surface area contributed by atoms with Crippen molar-refractivity contribution in [2.24, 2.45) is 4.99 Å². The molecular weight excluding hydrogens is 279 g/mol. The number of benzene rings is 2. The Morgan fingerprint density at radius 3 is 2.73 bits per heavy atom. The van der Waals surface area contributed by atoms with E-state index in [9.17, 15) is 9.50 Å². The molecule has 3 aromatic rings. The number of hydrogen-bond donors (Lipinski definition) is 2. The van der Waals surface area contributed by atoms with E-state index in [1.807, 2.05) is 25.1 Å². The molecule has 0 atom stereocenters. The van der Waals surface area contributed by atoms with Crippen molar-refractivity contribution in [3.63, 3.8) is 0 Å². The van der Waals surface area contributed by atoms with Crippen molar-refractivity contribution in [1.29, 1.82) is 0 Å². The molecule has 1 heterocycles. The molecule has 0 fully saturated rings. The van der Waals surface area contributed by atoms with Crippen molar-refractivity contribution in [1.82, 2.24) is 4.98 Å². The fourth-order valence-electron chi connectivity index (χ4n) is 2.45. The molecule has 1 aromatic heterocycles. The normalized spacial score (nSPS) is 11.5. The lowest BCUT2D eigenvalue weighted by molar-refractivity contribution is 0.457. The number of hydrogen-bond acceptors (Lipinski definition) is 2. The molecule has 0 aliphatic rings. The van der Waals surface area contributed by atoms with Crippen LogP contribution in [0.3, 0.4) is 0 Å². The Morgan fingerprint density at radius 2 is 1.95 bits per heavy atom. The third-order valence-corrected chi connectivity index (χ3v) is 3.64. The molecule has 3 nitrogen and oxygen atoms in total.